The van der Waals surface area contributed by atoms with Gasteiger partial charge >= 0.3 is 0 Å². The van der Waals surface area contributed by atoms with E-state index in [1.54, 1.807) is 38.1 Å². The van der Waals surface area contributed by atoms with E-state index >= 15 is 0 Å². The summed E-state index contributed by atoms with van der Waals surface area (Å²) in [6.07, 6.45) is 6.74. The first-order chi connectivity index (χ1) is 14.2. The smallest absolute Gasteiger partial charge is 0.257 e. The first kappa shape index (κ1) is 20.9. The Morgan fingerprint density at radius 3 is 2.57 bits per heavy atom. The minimum Gasteiger partial charge on any atom is -0.386 e. The number of nitrogens with zero attached hydrogens (tertiary/aromatic N) is 2. The van der Waals surface area contributed by atoms with Crippen LogP contribution in [0, 0.1) is 5.92 Å². The average molecular weight is 426 g/mol. The molecular formula is C24H28ClN3O2. The summed E-state index contributed by atoms with van der Waals surface area (Å²) in [6.45, 7) is 5.72. The molecule has 0 bridgehead atoms. The van der Waals surface area contributed by atoms with Gasteiger partial charge in [-0.25, -0.2) is 0 Å². The van der Waals surface area contributed by atoms with Crippen LogP contribution in [-0.4, -0.2) is 20.8 Å². The van der Waals surface area contributed by atoms with Crippen LogP contribution < -0.4 is 5.32 Å². The van der Waals surface area contributed by atoms with Gasteiger partial charge in [-0.3, -0.25) is 9.48 Å². The number of amides is 1. The molecule has 0 aliphatic heterocycles. The molecule has 30 heavy (non-hydrogen) atoms. The topological polar surface area (TPSA) is 67.2 Å². The SMILES string of the molecule is CC1CCC(n2cc3cc(NC(=O)c4ccccc4Cl)c(C(C)(C)O)cc3n2)CC1. The zero-order chi connectivity index (χ0) is 21.5. The van der Waals surface area contributed by atoms with Gasteiger partial charge in [0.25, 0.3) is 5.91 Å². The molecule has 1 fully saturated rings. The van der Waals surface area contributed by atoms with E-state index in [-0.39, 0.29) is 5.91 Å². The van der Waals surface area contributed by atoms with Crippen LogP contribution in [0.1, 0.15) is 68.4 Å². The van der Waals surface area contributed by atoms with Crippen LogP contribution >= 0.6 is 11.6 Å². The van der Waals surface area contributed by atoms with Crippen molar-refractivity contribution >= 4 is 34.1 Å². The molecule has 6 heteroatoms. The Bertz CT molecular complexity index is 1080. The van der Waals surface area contributed by atoms with Crippen molar-refractivity contribution in [1.29, 1.82) is 0 Å². The van der Waals surface area contributed by atoms with Gasteiger partial charge in [0.05, 0.1) is 27.7 Å². The number of nitrogens with one attached hydrogen (secondary N) is 1. The number of halogens is 1. The number of carbonyl (C=O) groups is 1. The molecular weight excluding hydrogens is 398 g/mol. The molecule has 0 unspecified atom stereocenters. The highest BCUT2D eigenvalue weighted by Gasteiger charge is 2.25. The molecule has 1 amide bonds. The molecule has 0 atom stereocenters. The number of carbonyl (C=O) groups excluding carboxylic acids is 1. The van der Waals surface area contributed by atoms with Gasteiger partial charge in [0.15, 0.2) is 0 Å². The highest BCUT2D eigenvalue weighted by Crippen LogP contribution is 2.35. The molecule has 3 aromatic rings. The summed E-state index contributed by atoms with van der Waals surface area (Å²) in [6, 6.07) is 11.1. The summed E-state index contributed by atoms with van der Waals surface area (Å²) >= 11 is 6.19. The summed E-state index contributed by atoms with van der Waals surface area (Å²) in [5.74, 6) is 0.471. The summed E-state index contributed by atoms with van der Waals surface area (Å²) in [5, 5.41) is 19.8. The molecule has 4 rings (SSSR count). The summed E-state index contributed by atoms with van der Waals surface area (Å²) in [4.78, 5) is 12.8. The maximum absolute atomic E-state index is 12.8. The van der Waals surface area contributed by atoms with Crippen molar-refractivity contribution in [2.45, 2.75) is 58.1 Å². The van der Waals surface area contributed by atoms with Crippen LogP contribution in [0.5, 0.6) is 0 Å². The number of aliphatic hydroxyl groups is 1. The van der Waals surface area contributed by atoms with Gasteiger partial charge in [-0.05, 0) is 69.7 Å². The summed E-state index contributed by atoms with van der Waals surface area (Å²) in [5.41, 5.74) is 1.27. The van der Waals surface area contributed by atoms with Gasteiger partial charge in [0, 0.05) is 22.8 Å². The lowest BCUT2D eigenvalue weighted by Gasteiger charge is -2.26. The van der Waals surface area contributed by atoms with Gasteiger partial charge in [0.1, 0.15) is 0 Å². The fourth-order valence-electron chi connectivity index (χ4n) is 4.23. The van der Waals surface area contributed by atoms with Crippen LogP contribution in [0.2, 0.25) is 5.02 Å². The van der Waals surface area contributed by atoms with Crippen molar-refractivity contribution in [3.8, 4) is 0 Å². The third kappa shape index (κ3) is 4.23. The van der Waals surface area contributed by atoms with Gasteiger partial charge < -0.3 is 10.4 Å². The molecule has 2 aromatic carbocycles. The van der Waals surface area contributed by atoms with Crippen molar-refractivity contribution < 1.29 is 9.90 Å². The largest absolute Gasteiger partial charge is 0.386 e. The number of aromatic nitrogens is 2. The van der Waals surface area contributed by atoms with Gasteiger partial charge in [0.2, 0.25) is 0 Å². The second-order valence-electron chi connectivity index (χ2n) is 8.97. The average Bonchev–Trinajstić information content (AvgIpc) is 3.10. The normalized spacial score (nSPS) is 19.8. The van der Waals surface area contributed by atoms with E-state index in [9.17, 15) is 9.90 Å². The van der Waals surface area contributed by atoms with E-state index in [0.717, 1.165) is 29.7 Å². The second kappa shape index (κ2) is 8.05. The number of hydrogen-bond donors (Lipinski definition) is 2. The number of anilines is 1. The Morgan fingerprint density at radius 1 is 1.20 bits per heavy atom. The van der Waals surface area contributed by atoms with E-state index in [1.807, 2.05) is 12.1 Å². The molecule has 0 spiro atoms. The molecule has 1 aliphatic carbocycles. The van der Waals surface area contributed by atoms with E-state index < -0.39 is 5.60 Å². The van der Waals surface area contributed by atoms with Crippen LogP contribution in [0.25, 0.3) is 10.9 Å². The third-order valence-corrected chi connectivity index (χ3v) is 6.38. The van der Waals surface area contributed by atoms with Crippen LogP contribution in [0.4, 0.5) is 5.69 Å². The predicted molar refractivity (Wildman–Crippen MR) is 121 cm³/mol. The fraction of sp³-hybridized carbons (Fsp3) is 0.417. The van der Waals surface area contributed by atoms with Crippen LogP contribution in [-0.2, 0) is 5.60 Å². The van der Waals surface area contributed by atoms with E-state index in [4.69, 9.17) is 16.7 Å². The zero-order valence-corrected chi connectivity index (χ0v) is 18.4. The predicted octanol–water partition coefficient (Wildman–Crippen LogP) is 5.92. The Morgan fingerprint density at radius 2 is 1.90 bits per heavy atom. The fourth-order valence-corrected chi connectivity index (χ4v) is 4.45. The van der Waals surface area contributed by atoms with Crippen molar-refractivity contribution in [2.75, 3.05) is 5.32 Å². The van der Waals surface area contributed by atoms with Gasteiger partial charge in [-0.1, -0.05) is 30.7 Å². The van der Waals surface area contributed by atoms with E-state index in [0.29, 0.717) is 27.9 Å². The molecule has 5 nitrogen and oxygen atoms in total. The van der Waals surface area contributed by atoms with E-state index in [1.165, 1.54) is 12.8 Å². The number of hydrogen-bond acceptors (Lipinski definition) is 3. The number of benzene rings is 2. The first-order valence-corrected chi connectivity index (χ1v) is 10.9. The molecule has 0 radical (unpaired) electrons. The minimum atomic E-state index is -1.14. The maximum Gasteiger partial charge on any atom is 0.257 e. The lowest BCUT2D eigenvalue weighted by molar-refractivity contribution is 0.0794. The standard InChI is InChI=1S/C24H28ClN3O2/c1-15-8-10-17(11-9-15)28-14-16-12-22(19(24(2,3)30)13-21(16)27-28)26-23(29)18-6-4-5-7-20(18)25/h4-7,12-15,17,30H,8-11H2,1-3H3,(H,26,29). The molecule has 1 heterocycles. The minimum absolute atomic E-state index is 0.306. The Hall–Kier alpha value is -2.37. The van der Waals surface area contributed by atoms with Crippen LogP contribution in [0.15, 0.2) is 42.6 Å². The van der Waals surface area contributed by atoms with Crippen molar-refractivity contribution in [3.63, 3.8) is 0 Å². The molecule has 2 N–H and O–H groups in total. The van der Waals surface area contributed by atoms with Gasteiger partial charge in [-0.15, -0.1) is 0 Å². The monoisotopic (exact) mass is 425 g/mol. The second-order valence-corrected chi connectivity index (χ2v) is 9.38. The summed E-state index contributed by atoms with van der Waals surface area (Å²) < 4.78 is 2.06. The lowest BCUT2D eigenvalue weighted by Crippen LogP contribution is -2.21. The Balaban J connectivity index is 1.71. The Labute approximate surface area is 182 Å². The molecule has 0 saturated heterocycles. The van der Waals surface area contributed by atoms with Crippen molar-refractivity contribution in [2.24, 2.45) is 5.92 Å². The molecule has 1 saturated carbocycles. The van der Waals surface area contributed by atoms with Crippen LogP contribution in [0.3, 0.4) is 0 Å². The highest BCUT2D eigenvalue weighted by molar-refractivity contribution is 6.34. The quantitative estimate of drug-likeness (QED) is 0.545. The number of fused-ring (bicyclic) bond motifs is 1. The number of rotatable bonds is 4. The highest BCUT2D eigenvalue weighted by atomic mass is 35.5. The molecule has 1 aliphatic rings. The van der Waals surface area contributed by atoms with Gasteiger partial charge in [-0.2, -0.15) is 5.10 Å². The molecule has 158 valence electrons. The summed E-state index contributed by atoms with van der Waals surface area (Å²) in [7, 11) is 0. The Kier molecular flexibility index (Phi) is 5.60. The molecule has 1 aromatic heterocycles. The maximum atomic E-state index is 12.8. The van der Waals surface area contributed by atoms with Crippen molar-refractivity contribution in [1.82, 2.24) is 9.78 Å². The third-order valence-electron chi connectivity index (χ3n) is 6.05. The first-order valence-electron chi connectivity index (χ1n) is 10.5. The van der Waals surface area contributed by atoms with E-state index in [2.05, 4.69) is 23.1 Å². The zero-order valence-electron chi connectivity index (χ0n) is 17.7. The van der Waals surface area contributed by atoms with Crippen molar-refractivity contribution in [3.05, 3.63) is 58.7 Å². The lowest BCUT2D eigenvalue weighted by atomic mass is 9.87.